The number of nitrogens with one attached hydrogen (secondary N) is 2. The van der Waals surface area contributed by atoms with Crippen molar-refractivity contribution in [1.82, 2.24) is 5.32 Å². The van der Waals surface area contributed by atoms with Crippen molar-refractivity contribution in [2.75, 3.05) is 18.5 Å². The Morgan fingerprint density at radius 3 is 2.72 bits per heavy atom. The van der Waals surface area contributed by atoms with Crippen LogP contribution in [0.1, 0.15) is 13.8 Å². The summed E-state index contributed by atoms with van der Waals surface area (Å²) in [6, 6.07) is 5.59. The summed E-state index contributed by atoms with van der Waals surface area (Å²) in [5.74, 6) is -0.423. The molecule has 1 aromatic carbocycles. The van der Waals surface area contributed by atoms with Crippen molar-refractivity contribution < 1.29 is 14.3 Å². The van der Waals surface area contributed by atoms with Crippen LogP contribution in [0.5, 0.6) is 0 Å². The number of amides is 1. The number of benzene rings is 1. The summed E-state index contributed by atoms with van der Waals surface area (Å²) in [4.78, 5) is 11.6. The van der Waals surface area contributed by atoms with Crippen LogP contribution < -0.4 is 10.6 Å². The number of anilines is 1. The van der Waals surface area contributed by atoms with E-state index in [0.29, 0.717) is 5.69 Å². The van der Waals surface area contributed by atoms with Crippen molar-refractivity contribution in [3.63, 3.8) is 0 Å². The van der Waals surface area contributed by atoms with Gasteiger partial charge in [0.25, 0.3) is 0 Å². The molecule has 0 heterocycles. The molecule has 100 valence electrons. The van der Waals surface area contributed by atoms with Crippen LogP contribution in [0.4, 0.5) is 10.1 Å². The van der Waals surface area contributed by atoms with Gasteiger partial charge >= 0.3 is 0 Å². The Morgan fingerprint density at radius 1 is 1.44 bits per heavy atom. The molecule has 4 nitrogen and oxygen atoms in total. The zero-order chi connectivity index (χ0) is 13.5. The van der Waals surface area contributed by atoms with Gasteiger partial charge in [-0.25, -0.2) is 4.39 Å². The van der Waals surface area contributed by atoms with Crippen molar-refractivity contribution in [3.05, 3.63) is 30.1 Å². The van der Waals surface area contributed by atoms with Crippen molar-refractivity contribution in [3.8, 4) is 0 Å². The number of aliphatic hydroxyl groups is 1. The van der Waals surface area contributed by atoms with E-state index in [0.717, 1.165) is 0 Å². The molecule has 5 heteroatoms. The van der Waals surface area contributed by atoms with Gasteiger partial charge in [0, 0.05) is 11.7 Å². The minimum absolute atomic E-state index is 0.0229. The minimum atomic E-state index is -0.392. The molecular weight excluding hydrogens is 235 g/mol. The lowest BCUT2D eigenvalue weighted by atomic mass is 10.1. The van der Waals surface area contributed by atoms with Crippen molar-refractivity contribution in [2.24, 2.45) is 5.92 Å². The third-order valence-electron chi connectivity index (χ3n) is 2.63. The van der Waals surface area contributed by atoms with Crippen LogP contribution in [0, 0.1) is 11.7 Å². The Bertz CT molecular complexity index is 396. The number of hydrogen-bond acceptors (Lipinski definition) is 3. The van der Waals surface area contributed by atoms with E-state index in [1.54, 1.807) is 6.07 Å². The summed E-state index contributed by atoms with van der Waals surface area (Å²) in [5.41, 5.74) is 0.423. The zero-order valence-electron chi connectivity index (χ0n) is 10.6. The van der Waals surface area contributed by atoms with Crippen molar-refractivity contribution in [1.29, 1.82) is 0 Å². The van der Waals surface area contributed by atoms with Gasteiger partial charge in [0.15, 0.2) is 0 Å². The Hall–Kier alpha value is -1.46. The van der Waals surface area contributed by atoms with Gasteiger partial charge < -0.3 is 15.7 Å². The predicted octanol–water partition coefficient (Wildman–Crippen LogP) is 1.37. The lowest BCUT2D eigenvalue weighted by Gasteiger charge is -2.19. The van der Waals surface area contributed by atoms with Crippen LogP contribution >= 0.6 is 0 Å². The van der Waals surface area contributed by atoms with E-state index in [4.69, 9.17) is 5.11 Å². The molecule has 0 radical (unpaired) electrons. The maximum Gasteiger partial charge on any atom is 0.238 e. The number of aliphatic hydroxyl groups excluding tert-OH is 1. The molecule has 0 fully saturated rings. The molecule has 3 N–H and O–H groups in total. The molecule has 0 aliphatic rings. The van der Waals surface area contributed by atoms with E-state index < -0.39 is 5.82 Å². The van der Waals surface area contributed by atoms with Gasteiger partial charge in [-0.15, -0.1) is 0 Å². The first-order valence-electron chi connectivity index (χ1n) is 5.92. The highest BCUT2D eigenvalue weighted by Crippen LogP contribution is 2.08. The van der Waals surface area contributed by atoms with E-state index in [1.165, 1.54) is 18.2 Å². The highest BCUT2D eigenvalue weighted by Gasteiger charge is 2.12. The molecule has 0 aliphatic carbocycles. The molecule has 0 aromatic heterocycles. The smallest absolute Gasteiger partial charge is 0.238 e. The van der Waals surface area contributed by atoms with Gasteiger partial charge in [-0.05, 0) is 24.1 Å². The first-order chi connectivity index (χ1) is 8.52. The Kier molecular flexibility index (Phi) is 5.74. The molecule has 0 bridgehead atoms. The fourth-order valence-electron chi connectivity index (χ4n) is 1.51. The summed E-state index contributed by atoms with van der Waals surface area (Å²) in [5, 5.41) is 14.6. The quantitative estimate of drug-likeness (QED) is 0.718. The molecule has 1 aromatic rings. The van der Waals surface area contributed by atoms with E-state index >= 15 is 0 Å². The van der Waals surface area contributed by atoms with Gasteiger partial charge in [0.1, 0.15) is 5.82 Å². The third kappa shape index (κ3) is 4.81. The van der Waals surface area contributed by atoms with Gasteiger partial charge in [-0.1, -0.05) is 19.9 Å². The molecule has 0 saturated carbocycles. The SMILES string of the molecule is CC(C)[C@@H](CO)NCC(=O)Nc1cccc(F)c1. The average molecular weight is 254 g/mol. The molecule has 1 rings (SSSR count). The van der Waals surface area contributed by atoms with E-state index in [1.807, 2.05) is 13.8 Å². The number of halogens is 1. The molecule has 0 spiro atoms. The number of carbonyl (C=O) groups is 1. The highest BCUT2D eigenvalue weighted by atomic mass is 19.1. The first kappa shape index (κ1) is 14.6. The maximum atomic E-state index is 12.9. The van der Waals surface area contributed by atoms with Gasteiger partial charge in [-0.3, -0.25) is 4.79 Å². The zero-order valence-corrected chi connectivity index (χ0v) is 10.6. The molecule has 18 heavy (non-hydrogen) atoms. The normalized spacial score (nSPS) is 12.5. The molecule has 1 amide bonds. The Morgan fingerprint density at radius 2 is 2.17 bits per heavy atom. The van der Waals surface area contributed by atoms with Gasteiger partial charge in [0.2, 0.25) is 5.91 Å². The predicted molar refractivity (Wildman–Crippen MR) is 68.7 cm³/mol. The van der Waals surface area contributed by atoms with E-state index in [9.17, 15) is 9.18 Å². The molecule has 0 saturated heterocycles. The fourth-order valence-corrected chi connectivity index (χ4v) is 1.51. The van der Waals surface area contributed by atoms with E-state index in [-0.39, 0.29) is 31.0 Å². The van der Waals surface area contributed by atoms with Crippen molar-refractivity contribution in [2.45, 2.75) is 19.9 Å². The van der Waals surface area contributed by atoms with E-state index in [2.05, 4.69) is 10.6 Å². The third-order valence-corrected chi connectivity index (χ3v) is 2.63. The molecule has 1 atom stereocenters. The highest BCUT2D eigenvalue weighted by molar-refractivity contribution is 5.92. The Labute approximate surface area is 106 Å². The van der Waals surface area contributed by atoms with Gasteiger partial charge in [-0.2, -0.15) is 0 Å². The summed E-state index contributed by atoms with van der Waals surface area (Å²) in [7, 11) is 0. The number of carbonyl (C=O) groups excluding carboxylic acids is 1. The lowest BCUT2D eigenvalue weighted by Crippen LogP contribution is -2.41. The van der Waals surface area contributed by atoms with Crippen LogP contribution in [-0.4, -0.2) is 30.2 Å². The first-order valence-corrected chi connectivity index (χ1v) is 5.92. The second-order valence-electron chi connectivity index (χ2n) is 4.47. The summed E-state index contributed by atoms with van der Waals surface area (Å²) >= 11 is 0. The van der Waals surface area contributed by atoms with Gasteiger partial charge in [0.05, 0.1) is 13.2 Å². The second kappa shape index (κ2) is 7.08. The summed E-state index contributed by atoms with van der Waals surface area (Å²) < 4.78 is 12.9. The maximum absolute atomic E-state index is 12.9. The minimum Gasteiger partial charge on any atom is -0.395 e. The van der Waals surface area contributed by atoms with Crippen molar-refractivity contribution >= 4 is 11.6 Å². The molecule has 0 unspecified atom stereocenters. The van der Waals surface area contributed by atoms with Crippen LogP contribution in [0.15, 0.2) is 24.3 Å². The summed E-state index contributed by atoms with van der Waals surface area (Å²) in [6.07, 6.45) is 0. The van der Waals surface area contributed by atoms with Crippen LogP contribution in [0.25, 0.3) is 0 Å². The average Bonchev–Trinajstić information content (AvgIpc) is 2.29. The number of hydrogen-bond donors (Lipinski definition) is 3. The standard InChI is InChI=1S/C13H19FN2O2/c1-9(2)12(8-17)15-7-13(18)16-11-5-3-4-10(14)6-11/h3-6,9,12,15,17H,7-8H2,1-2H3,(H,16,18)/t12-/m1/s1. The lowest BCUT2D eigenvalue weighted by molar-refractivity contribution is -0.115. The topological polar surface area (TPSA) is 61.4 Å². The van der Waals surface area contributed by atoms with Crippen LogP contribution in [0.3, 0.4) is 0 Å². The fraction of sp³-hybridized carbons (Fsp3) is 0.462. The number of rotatable bonds is 6. The van der Waals surface area contributed by atoms with Crippen LogP contribution in [-0.2, 0) is 4.79 Å². The summed E-state index contributed by atoms with van der Waals surface area (Å²) in [6.45, 7) is 3.97. The largest absolute Gasteiger partial charge is 0.395 e. The second-order valence-corrected chi connectivity index (χ2v) is 4.47. The Balaban J connectivity index is 2.42. The van der Waals surface area contributed by atoms with Crippen LogP contribution in [0.2, 0.25) is 0 Å². The molecule has 0 aliphatic heterocycles. The monoisotopic (exact) mass is 254 g/mol. The molecular formula is C13H19FN2O2.